The van der Waals surface area contributed by atoms with Crippen LogP contribution < -0.4 is 5.32 Å². The molecule has 1 heterocycles. The molecule has 0 saturated carbocycles. The summed E-state index contributed by atoms with van der Waals surface area (Å²) in [6.07, 6.45) is 4.37. The van der Waals surface area contributed by atoms with Gasteiger partial charge in [-0.25, -0.2) is 10.1 Å². The van der Waals surface area contributed by atoms with Gasteiger partial charge in [-0.15, -0.1) is 0 Å². The van der Waals surface area contributed by atoms with E-state index in [0.717, 1.165) is 42.9 Å². The third-order valence-corrected chi connectivity index (χ3v) is 5.16. The third kappa shape index (κ3) is 3.73. The van der Waals surface area contributed by atoms with Crippen LogP contribution in [0.1, 0.15) is 51.2 Å². The van der Waals surface area contributed by atoms with Crippen molar-refractivity contribution >= 4 is 21.6 Å². The maximum atomic E-state index is 11.0. The topological polar surface area (TPSA) is 49.3 Å². The molecular weight excluding hydrogens is 246 g/mol. The second-order valence-electron chi connectivity index (χ2n) is 4.51. The first-order valence-electron chi connectivity index (χ1n) is 6.77. The van der Waals surface area contributed by atoms with Gasteiger partial charge in [-0.05, 0) is 19.3 Å². The van der Waals surface area contributed by atoms with Crippen LogP contribution in [0.4, 0.5) is 9.80 Å². The summed E-state index contributed by atoms with van der Waals surface area (Å²) in [5.74, 6) is 1.05. The number of hydrogen-bond donors (Lipinski definition) is 2. The highest BCUT2D eigenvalue weighted by Gasteiger charge is 2.25. The van der Waals surface area contributed by atoms with Crippen molar-refractivity contribution in [1.82, 2.24) is 0 Å². The summed E-state index contributed by atoms with van der Waals surface area (Å²) in [4.78, 5) is 11.0. The first kappa shape index (κ1) is 15.0. The Morgan fingerprint density at radius 2 is 1.89 bits per heavy atom. The Kier molecular flexibility index (Phi) is 6.19. The Bertz CT molecular complexity index is 399. The number of amides is 1. The van der Waals surface area contributed by atoms with Crippen LogP contribution in [0.3, 0.4) is 0 Å². The molecule has 1 aromatic heterocycles. The van der Waals surface area contributed by atoms with Gasteiger partial charge in [0.05, 0.1) is 0 Å². The molecule has 0 aromatic carbocycles. The van der Waals surface area contributed by atoms with E-state index in [0.29, 0.717) is 0 Å². The minimum atomic E-state index is -0.932. The summed E-state index contributed by atoms with van der Waals surface area (Å²) in [7, 11) is -0.0231. The minimum absolute atomic E-state index is 0.0231. The molecule has 4 heteroatoms. The van der Waals surface area contributed by atoms with Crippen molar-refractivity contribution < 1.29 is 9.90 Å². The molecule has 0 fully saturated rings. The molecule has 1 rings (SSSR count). The van der Waals surface area contributed by atoms with Gasteiger partial charge in [-0.1, -0.05) is 33.6 Å². The largest absolute Gasteiger partial charge is 0.465 e. The maximum absolute atomic E-state index is 11.0. The van der Waals surface area contributed by atoms with Gasteiger partial charge in [0.25, 0.3) is 5.00 Å². The maximum Gasteiger partial charge on any atom is 0.412 e. The molecule has 1 aromatic rings. The normalized spacial score (nSPS) is 11.6. The van der Waals surface area contributed by atoms with Gasteiger partial charge in [-0.2, -0.15) is 0 Å². The summed E-state index contributed by atoms with van der Waals surface area (Å²) in [5, 5.41) is 14.9. The van der Waals surface area contributed by atoms with Crippen LogP contribution in [0, 0.1) is 0 Å². The van der Waals surface area contributed by atoms with E-state index in [2.05, 4.69) is 31.5 Å². The number of carboxylic acid groups (broad SMARTS) is 1. The van der Waals surface area contributed by atoms with Crippen LogP contribution in [0.2, 0.25) is 0 Å². The Morgan fingerprint density at radius 3 is 2.39 bits per heavy atom. The molecule has 3 nitrogen and oxygen atoms in total. The lowest BCUT2D eigenvalue weighted by Gasteiger charge is -2.02. The second kappa shape index (κ2) is 7.41. The zero-order valence-corrected chi connectivity index (χ0v) is 12.4. The molecule has 102 valence electrons. The summed E-state index contributed by atoms with van der Waals surface area (Å²) in [6, 6.07) is 0. The highest BCUT2D eigenvalue weighted by Crippen LogP contribution is 2.40. The van der Waals surface area contributed by atoms with E-state index in [9.17, 15) is 4.79 Å². The van der Waals surface area contributed by atoms with Gasteiger partial charge >= 0.3 is 6.09 Å². The van der Waals surface area contributed by atoms with E-state index in [1.165, 1.54) is 11.1 Å². The number of thiophene rings is 1. The van der Waals surface area contributed by atoms with Gasteiger partial charge in [0.2, 0.25) is 0 Å². The first-order chi connectivity index (χ1) is 8.63. The molecule has 0 aliphatic carbocycles. The lowest BCUT2D eigenvalue weighted by molar-refractivity contribution is 0.210. The Hall–Kier alpha value is -1.03. The highest BCUT2D eigenvalue weighted by molar-refractivity contribution is 7.33. The highest BCUT2D eigenvalue weighted by atomic mass is 32.2. The monoisotopic (exact) mass is 270 g/mol. The standard InChI is InChI=1S/C14H23NO2S/c1-4-7-11-10-18(9-6-3)13(15-14(16)17)12(11)8-5-2/h10,15H,4-9H2,1-3H3/p+1. The summed E-state index contributed by atoms with van der Waals surface area (Å²) >= 11 is 0. The van der Waals surface area contributed by atoms with Crippen LogP contribution in [-0.2, 0) is 18.6 Å². The summed E-state index contributed by atoms with van der Waals surface area (Å²) < 4.78 is 0. The number of anilines is 1. The van der Waals surface area contributed by atoms with E-state index in [4.69, 9.17) is 5.11 Å². The molecule has 0 aliphatic heterocycles. The van der Waals surface area contributed by atoms with Crippen molar-refractivity contribution in [2.24, 2.45) is 0 Å². The van der Waals surface area contributed by atoms with Crippen molar-refractivity contribution in [2.75, 3.05) is 5.32 Å². The zero-order chi connectivity index (χ0) is 13.5. The van der Waals surface area contributed by atoms with Crippen molar-refractivity contribution in [3.63, 3.8) is 0 Å². The lowest BCUT2D eigenvalue weighted by Crippen LogP contribution is -2.08. The second-order valence-corrected chi connectivity index (χ2v) is 6.42. The van der Waals surface area contributed by atoms with E-state index in [1.54, 1.807) is 0 Å². The average Bonchev–Trinajstić information content (AvgIpc) is 2.59. The third-order valence-electron chi connectivity index (χ3n) is 2.87. The van der Waals surface area contributed by atoms with Crippen LogP contribution >= 0.6 is 10.5 Å². The fourth-order valence-corrected chi connectivity index (χ4v) is 4.48. The molecule has 0 radical (unpaired) electrons. The van der Waals surface area contributed by atoms with Crippen molar-refractivity contribution in [1.29, 1.82) is 0 Å². The van der Waals surface area contributed by atoms with E-state index >= 15 is 0 Å². The predicted molar refractivity (Wildman–Crippen MR) is 78.8 cm³/mol. The number of carbonyl (C=O) groups is 1. The Morgan fingerprint density at radius 1 is 1.22 bits per heavy atom. The molecule has 0 saturated heterocycles. The SMILES string of the molecule is CCCc1c[s+](CCC)c(NC(=O)O)c1CCC. The van der Waals surface area contributed by atoms with Gasteiger partial charge < -0.3 is 5.11 Å². The van der Waals surface area contributed by atoms with E-state index in [-0.39, 0.29) is 10.5 Å². The zero-order valence-electron chi connectivity index (χ0n) is 11.6. The number of rotatable bonds is 7. The molecule has 0 aliphatic rings. The number of hydrogen-bond acceptors (Lipinski definition) is 1. The summed E-state index contributed by atoms with van der Waals surface area (Å²) in [5.41, 5.74) is 2.64. The van der Waals surface area contributed by atoms with Crippen LogP contribution in [0.5, 0.6) is 0 Å². The molecule has 2 N–H and O–H groups in total. The fraction of sp³-hybridized carbons (Fsp3) is 0.643. The van der Waals surface area contributed by atoms with E-state index < -0.39 is 6.09 Å². The lowest BCUT2D eigenvalue weighted by atomic mass is 10.0. The molecule has 1 atom stereocenters. The number of nitrogens with one attached hydrogen (secondary N) is 1. The van der Waals surface area contributed by atoms with Crippen molar-refractivity contribution in [3.8, 4) is 0 Å². The fourth-order valence-electron chi connectivity index (χ4n) is 2.23. The summed E-state index contributed by atoms with van der Waals surface area (Å²) in [6.45, 7) is 6.46. The van der Waals surface area contributed by atoms with Crippen LogP contribution in [-0.4, -0.2) is 11.2 Å². The van der Waals surface area contributed by atoms with Gasteiger partial charge in [-0.3, -0.25) is 0 Å². The van der Waals surface area contributed by atoms with Crippen LogP contribution in [0.25, 0.3) is 0 Å². The van der Waals surface area contributed by atoms with Crippen molar-refractivity contribution in [3.05, 3.63) is 16.5 Å². The quantitative estimate of drug-likeness (QED) is 0.696. The Balaban J connectivity index is 3.15. The van der Waals surface area contributed by atoms with Gasteiger partial charge in [0.1, 0.15) is 11.1 Å². The number of aryl methyl sites for hydroxylation is 2. The Labute approximate surface area is 112 Å². The molecule has 1 unspecified atom stereocenters. The van der Waals surface area contributed by atoms with Crippen LogP contribution in [0.15, 0.2) is 5.38 Å². The van der Waals surface area contributed by atoms with Gasteiger partial charge in [0.15, 0.2) is 0 Å². The molecular formula is C14H24NO2S+. The molecule has 18 heavy (non-hydrogen) atoms. The first-order valence-corrected chi connectivity index (χ1v) is 8.23. The van der Waals surface area contributed by atoms with Crippen molar-refractivity contribution in [2.45, 2.75) is 58.6 Å². The average molecular weight is 270 g/mol. The molecule has 0 bridgehead atoms. The molecule has 1 amide bonds. The van der Waals surface area contributed by atoms with Gasteiger partial charge in [0, 0.05) is 21.6 Å². The minimum Gasteiger partial charge on any atom is -0.465 e. The smallest absolute Gasteiger partial charge is 0.412 e. The van der Waals surface area contributed by atoms with E-state index in [1.807, 2.05) is 0 Å². The molecule has 0 spiro atoms. The predicted octanol–water partition coefficient (Wildman–Crippen LogP) is 4.84.